The van der Waals surface area contributed by atoms with E-state index in [9.17, 15) is 13.2 Å². The minimum absolute atomic E-state index is 0.218. The maximum atomic E-state index is 12.1. The second-order valence-corrected chi connectivity index (χ2v) is 2.18. The zero-order valence-electron chi connectivity index (χ0n) is 6.28. The standard InChI is InChI=1S/C7H5F3N2O/c8-7(9,10)6(12-13)5-1-3-11-4-2-5/h1-4,13H/b12-6-. The van der Waals surface area contributed by atoms with Crippen molar-refractivity contribution in [2.45, 2.75) is 6.18 Å². The predicted molar refractivity (Wildman–Crippen MR) is 38.6 cm³/mol. The van der Waals surface area contributed by atoms with Gasteiger partial charge in [-0.2, -0.15) is 13.2 Å². The summed E-state index contributed by atoms with van der Waals surface area (Å²) in [5.41, 5.74) is -1.54. The summed E-state index contributed by atoms with van der Waals surface area (Å²) >= 11 is 0. The molecule has 1 N–H and O–H groups in total. The Balaban J connectivity index is 3.08. The van der Waals surface area contributed by atoms with Crippen molar-refractivity contribution in [2.24, 2.45) is 5.16 Å². The van der Waals surface area contributed by atoms with Crippen molar-refractivity contribution in [3.63, 3.8) is 0 Å². The zero-order valence-corrected chi connectivity index (χ0v) is 6.28. The second kappa shape index (κ2) is 3.42. The van der Waals surface area contributed by atoms with Crippen molar-refractivity contribution in [2.75, 3.05) is 0 Å². The number of halogens is 3. The van der Waals surface area contributed by atoms with Crippen LogP contribution in [0.2, 0.25) is 0 Å². The van der Waals surface area contributed by atoms with E-state index in [1.807, 2.05) is 0 Å². The Morgan fingerprint density at radius 3 is 2.23 bits per heavy atom. The van der Waals surface area contributed by atoms with Gasteiger partial charge in [0.1, 0.15) is 0 Å². The lowest BCUT2D eigenvalue weighted by atomic mass is 10.1. The van der Waals surface area contributed by atoms with Crippen molar-refractivity contribution in [3.8, 4) is 0 Å². The van der Waals surface area contributed by atoms with Crippen LogP contribution in [-0.2, 0) is 0 Å². The summed E-state index contributed by atoms with van der Waals surface area (Å²) in [4.78, 5) is 3.54. The minimum Gasteiger partial charge on any atom is -0.410 e. The number of pyridine rings is 1. The van der Waals surface area contributed by atoms with E-state index in [2.05, 4.69) is 10.1 Å². The molecule has 0 fully saturated rings. The molecule has 3 nitrogen and oxygen atoms in total. The Bertz CT molecular complexity index is 307. The second-order valence-electron chi connectivity index (χ2n) is 2.18. The zero-order chi connectivity index (χ0) is 9.90. The van der Waals surface area contributed by atoms with Gasteiger partial charge < -0.3 is 5.21 Å². The van der Waals surface area contributed by atoms with Gasteiger partial charge >= 0.3 is 6.18 Å². The SMILES string of the molecule is O/N=C(/c1ccncc1)C(F)(F)F. The summed E-state index contributed by atoms with van der Waals surface area (Å²) in [7, 11) is 0. The van der Waals surface area contributed by atoms with Gasteiger partial charge in [-0.1, -0.05) is 5.16 Å². The van der Waals surface area contributed by atoms with Crippen LogP contribution in [0, 0.1) is 0 Å². The lowest BCUT2D eigenvalue weighted by Crippen LogP contribution is -2.23. The Morgan fingerprint density at radius 1 is 1.31 bits per heavy atom. The van der Waals surface area contributed by atoms with Crippen LogP contribution in [0.5, 0.6) is 0 Å². The largest absolute Gasteiger partial charge is 0.437 e. The first kappa shape index (κ1) is 9.50. The monoisotopic (exact) mass is 190 g/mol. The number of hydrogen-bond donors (Lipinski definition) is 1. The fraction of sp³-hybridized carbons (Fsp3) is 0.143. The molecule has 0 aliphatic rings. The maximum absolute atomic E-state index is 12.1. The molecule has 70 valence electrons. The van der Waals surface area contributed by atoms with Gasteiger partial charge in [-0.25, -0.2) is 0 Å². The van der Waals surface area contributed by atoms with E-state index in [1.54, 1.807) is 0 Å². The van der Waals surface area contributed by atoms with Gasteiger partial charge in [-0.05, 0) is 12.1 Å². The van der Waals surface area contributed by atoms with E-state index < -0.39 is 11.9 Å². The predicted octanol–water partition coefficient (Wildman–Crippen LogP) is 1.82. The molecule has 0 amide bonds. The van der Waals surface area contributed by atoms with Gasteiger partial charge in [0.25, 0.3) is 0 Å². The molecule has 1 heterocycles. The van der Waals surface area contributed by atoms with Crippen molar-refractivity contribution in [3.05, 3.63) is 30.1 Å². The average Bonchev–Trinajstić information content (AvgIpc) is 2.05. The number of rotatable bonds is 1. The van der Waals surface area contributed by atoms with Crippen LogP contribution in [0.3, 0.4) is 0 Å². The van der Waals surface area contributed by atoms with Gasteiger partial charge in [-0.3, -0.25) is 4.98 Å². The Hall–Kier alpha value is -1.59. The van der Waals surface area contributed by atoms with Gasteiger partial charge in [0.15, 0.2) is 5.71 Å². The normalized spacial score (nSPS) is 13.0. The molecule has 0 spiro atoms. The van der Waals surface area contributed by atoms with E-state index >= 15 is 0 Å². The van der Waals surface area contributed by atoms with Crippen LogP contribution in [0.1, 0.15) is 5.56 Å². The van der Waals surface area contributed by atoms with Gasteiger partial charge in [0.05, 0.1) is 0 Å². The summed E-state index contributed by atoms with van der Waals surface area (Å²) in [5, 5.41) is 10.4. The molecule has 0 saturated heterocycles. The third kappa shape index (κ3) is 2.17. The van der Waals surface area contributed by atoms with E-state index in [1.165, 1.54) is 12.4 Å². The van der Waals surface area contributed by atoms with E-state index in [-0.39, 0.29) is 5.56 Å². The van der Waals surface area contributed by atoms with Crippen molar-refractivity contribution >= 4 is 5.71 Å². The van der Waals surface area contributed by atoms with Gasteiger partial charge in [0, 0.05) is 18.0 Å². The summed E-state index contributed by atoms with van der Waals surface area (Å²) < 4.78 is 36.3. The van der Waals surface area contributed by atoms with Crippen LogP contribution < -0.4 is 0 Å². The molecule has 0 bridgehead atoms. The fourth-order valence-electron chi connectivity index (χ4n) is 0.788. The summed E-state index contributed by atoms with van der Waals surface area (Å²) in [5.74, 6) is 0. The molecule has 0 atom stereocenters. The molecule has 1 aromatic heterocycles. The minimum atomic E-state index is -4.66. The molecule has 13 heavy (non-hydrogen) atoms. The van der Waals surface area contributed by atoms with Crippen LogP contribution in [-0.4, -0.2) is 22.1 Å². The highest BCUT2D eigenvalue weighted by Crippen LogP contribution is 2.21. The molecule has 0 radical (unpaired) electrons. The quantitative estimate of drug-likeness (QED) is 0.417. The summed E-state index contributed by atoms with van der Waals surface area (Å²) in [6.45, 7) is 0. The Labute approximate surface area is 71.5 Å². The van der Waals surface area contributed by atoms with Gasteiger partial charge in [-0.15, -0.1) is 0 Å². The Morgan fingerprint density at radius 2 is 1.85 bits per heavy atom. The first-order valence-electron chi connectivity index (χ1n) is 3.25. The molecule has 0 aromatic carbocycles. The first-order chi connectivity index (χ1) is 6.05. The van der Waals surface area contributed by atoms with E-state index in [4.69, 9.17) is 5.21 Å². The van der Waals surface area contributed by atoms with Crippen LogP contribution in [0.4, 0.5) is 13.2 Å². The number of aromatic nitrogens is 1. The summed E-state index contributed by atoms with van der Waals surface area (Å²) in [6, 6.07) is 2.23. The molecule has 1 rings (SSSR count). The molecular formula is C7H5F3N2O. The summed E-state index contributed by atoms with van der Waals surface area (Å²) in [6.07, 6.45) is -2.28. The fourth-order valence-corrected chi connectivity index (χ4v) is 0.788. The number of oxime groups is 1. The van der Waals surface area contributed by atoms with Crippen LogP contribution in [0.25, 0.3) is 0 Å². The number of nitrogens with zero attached hydrogens (tertiary/aromatic N) is 2. The molecule has 1 aromatic rings. The molecule has 0 saturated carbocycles. The number of alkyl halides is 3. The lowest BCUT2D eigenvalue weighted by molar-refractivity contribution is -0.0601. The van der Waals surface area contributed by atoms with Crippen molar-refractivity contribution < 1.29 is 18.4 Å². The molecule has 0 aliphatic heterocycles. The Kier molecular flexibility index (Phi) is 2.50. The molecular weight excluding hydrogens is 185 g/mol. The first-order valence-corrected chi connectivity index (χ1v) is 3.25. The van der Waals surface area contributed by atoms with Crippen molar-refractivity contribution in [1.82, 2.24) is 4.98 Å². The van der Waals surface area contributed by atoms with E-state index in [0.29, 0.717) is 0 Å². The van der Waals surface area contributed by atoms with Crippen LogP contribution in [0.15, 0.2) is 29.7 Å². The molecule has 0 unspecified atom stereocenters. The third-order valence-corrected chi connectivity index (χ3v) is 1.32. The highest BCUT2D eigenvalue weighted by molar-refractivity contribution is 6.04. The molecule has 6 heteroatoms. The topological polar surface area (TPSA) is 45.5 Å². The lowest BCUT2D eigenvalue weighted by Gasteiger charge is -2.07. The highest BCUT2D eigenvalue weighted by Gasteiger charge is 2.37. The average molecular weight is 190 g/mol. The third-order valence-electron chi connectivity index (χ3n) is 1.32. The van der Waals surface area contributed by atoms with Crippen molar-refractivity contribution in [1.29, 1.82) is 0 Å². The smallest absolute Gasteiger partial charge is 0.410 e. The maximum Gasteiger partial charge on any atom is 0.437 e. The van der Waals surface area contributed by atoms with E-state index in [0.717, 1.165) is 12.1 Å². The highest BCUT2D eigenvalue weighted by atomic mass is 19.4. The van der Waals surface area contributed by atoms with Crippen LogP contribution >= 0.6 is 0 Å². The van der Waals surface area contributed by atoms with Gasteiger partial charge in [0.2, 0.25) is 0 Å². The number of hydrogen-bond acceptors (Lipinski definition) is 3. The molecule has 0 aliphatic carbocycles.